The van der Waals surface area contributed by atoms with Crippen molar-refractivity contribution in [2.45, 2.75) is 50.2 Å². The monoisotopic (exact) mass is 475 g/mol. The van der Waals surface area contributed by atoms with Crippen LogP contribution in [0.25, 0.3) is 21.6 Å². The van der Waals surface area contributed by atoms with Gasteiger partial charge in [0.05, 0.1) is 11.1 Å². The number of nitrogens with zero attached hydrogens (tertiary/aromatic N) is 7. The number of aryl methyl sites for hydroxylation is 3. The standard InChI is InChI=1S/C23H21N7OS2/c1-12-4-7-16-17(10-12)32-21-20(16)22(31)29(15-6-5-13(2)14(3)11-15)23(24-21)33-19-9-8-18-25-27-28-30(18)26-19/h5-6,8-9,11-12H,4,7,10H2,1-3H3/t12-/m0/s1. The van der Waals surface area contributed by atoms with Crippen molar-refractivity contribution in [3.05, 3.63) is 62.3 Å². The highest BCUT2D eigenvalue weighted by Gasteiger charge is 2.25. The van der Waals surface area contributed by atoms with Crippen molar-refractivity contribution in [3.63, 3.8) is 0 Å². The maximum atomic E-state index is 14.0. The van der Waals surface area contributed by atoms with Crippen LogP contribution >= 0.6 is 23.1 Å². The number of hydrogen-bond donors (Lipinski definition) is 0. The molecule has 10 heteroatoms. The summed E-state index contributed by atoms with van der Waals surface area (Å²) >= 11 is 3.00. The Morgan fingerprint density at radius 2 is 2.03 bits per heavy atom. The van der Waals surface area contributed by atoms with Crippen LogP contribution in [0.1, 0.15) is 34.9 Å². The Hall–Kier alpha value is -3.11. The van der Waals surface area contributed by atoms with E-state index in [-0.39, 0.29) is 5.56 Å². The van der Waals surface area contributed by atoms with Crippen molar-refractivity contribution < 1.29 is 0 Å². The molecule has 0 N–H and O–H groups in total. The predicted octanol–water partition coefficient (Wildman–Crippen LogP) is 4.17. The van der Waals surface area contributed by atoms with Gasteiger partial charge >= 0.3 is 0 Å². The second-order valence-electron chi connectivity index (χ2n) is 8.64. The van der Waals surface area contributed by atoms with Gasteiger partial charge in [0.1, 0.15) is 9.86 Å². The molecule has 0 bridgehead atoms. The number of hydrogen-bond acceptors (Lipinski definition) is 8. The number of rotatable bonds is 3. The fraction of sp³-hybridized carbons (Fsp3) is 0.304. The Morgan fingerprint density at radius 3 is 2.88 bits per heavy atom. The Balaban J connectivity index is 1.58. The number of fused-ring (bicyclic) bond motifs is 4. The van der Waals surface area contributed by atoms with E-state index in [1.165, 1.54) is 32.4 Å². The van der Waals surface area contributed by atoms with Crippen LogP contribution < -0.4 is 5.56 Å². The van der Waals surface area contributed by atoms with Gasteiger partial charge in [-0.3, -0.25) is 9.36 Å². The van der Waals surface area contributed by atoms with Crippen molar-refractivity contribution in [3.8, 4) is 5.69 Å². The van der Waals surface area contributed by atoms with Crippen LogP contribution in [0.15, 0.2) is 45.3 Å². The van der Waals surface area contributed by atoms with Crippen LogP contribution in [0.4, 0.5) is 0 Å². The molecule has 33 heavy (non-hydrogen) atoms. The first kappa shape index (κ1) is 20.5. The summed E-state index contributed by atoms with van der Waals surface area (Å²) in [5.41, 5.74) is 4.86. The van der Waals surface area contributed by atoms with E-state index in [1.807, 2.05) is 24.3 Å². The SMILES string of the molecule is Cc1ccc(-n2c(Sc3ccc4nnnn4n3)nc3sc4c(c3c2=O)CC[C@H](C)C4)cc1C. The number of thiophene rings is 1. The molecule has 0 saturated carbocycles. The van der Waals surface area contributed by atoms with Crippen molar-refractivity contribution >= 4 is 39.0 Å². The lowest BCUT2D eigenvalue weighted by Gasteiger charge is -2.18. The lowest BCUT2D eigenvalue weighted by molar-refractivity contribution is 0.509. The Bertz CT molecular complexity index is 1600. The average molecular weight is 476 g/mol. The van der Waals surface area contributed by atoms with Gasteiger partial charge in [-0.15, -0.1) is 26.2 Å². The van der Waals surface area contributed by atoms with Gasteiger partial charge in [-0.25, -0.2) is 4.98 Å². The smallest absolute Gasteiger partial charge is 0.267 e. The molecular weight excluding hydrogens is 454 g/mol. The zero-order valence-corrected chi connectivity index (χ0v) is 20.1. The molecule has 4 heterocycles. The van der Waals surface area contributed by atoms with Crippen LogP contribution in [-0.2, 0) is 12.8 Å². The fourth-order valence-electron chi connectivity index (χ4n) is 4.31. The van der Waals surface area contributed by atoms with Crippen molar-refractivity contribution in [2.75, 3.05) is 0 Å². The second-order valence-corrected chi connectivity index (χ2v) is 10.7. The van der Waals surface area contributed by atoms with Gasteiger partial charge in [-0.2, -0.15) is 0 Å². The second kappa shape index (κ2) is 7.74. The van der Waals surface area contributed by atoms with Crippen molar-refractivity contribution in [1.29, 1.82) is 0 Å². The molecule has 1 aromatic carbocycles. The molecular formula is C23H21N7OS2. The molecule has 8 nitrogen and oxygen atoms in total. The maximum Gasteiger partial charge on any atom is 0.267 e. The first-order valence-electron chi connectivity index (χ1n) is 10.9. The van der Waals surface area contributed by atoms with Crippen LogP contribution in [-0.4, -0.2) is 34.8 Å². The fourth-order valence-corrected chi connectivity index (χ4v) is 6.60. The summed E-state index contributed by atoms with van der Waals surface area (Å²) in [4.78, 5) is 21.1. The molecule has 4 aromatic heterocycles. The van der Waals surface area contributed by atoms with E-state index in [1.54, 1.807) is 22.0 Å². The number of tetrazole rings is 1. The minimum absolute atomic E-state index is 0.0127. The third-order valence-electron chi connectivity index (χ3n) is 6.29. The summed E-state index contributed by atoms with van der Waals surface area (Å²) in [5, 5.41) is 17.9. The Morgan fingerprint density at radius 1 is 1.15 bits per heavy atom. The molecule has 1 aliphatic rings. The predicted molar refractivity (Wildman–Crippen MR) is 129 cm³/mol. The number of aromatic nitrogens is 7. The van der Waals surface area contributed by atoms with Crippen LogP contribution in [0.5, 0.6) is 0 Å². The van der Waals surface area contributed by atoms with Gasteiger partial charge in [0, 0.05) is 4.88 Å². The van der Waals surface area contributed by atoms with Gasteiger partial charge in [0.15, 0.2) is 10.8 Å². The Labute approximate surface area is 197 Å². The summed E-state index contributed by atoms with van der Waals surface area (Å²) in [6.45, 7) is 6.40. The van der Waals surface area contributed by atoms with Crippen LogP contribution in [0.2, 0.25) is 0 Å². The van der Waals surface area contributed by atoms with Gasteiger partial charge < -0.3 is 0 Å². The van der Waals surface area contributed by atoms with Gasteiger partial charge in [-0.05, 0) is 102 Å². The van der Waals surface area contributed by atoms with Gasteiger partial charge in [0.25, 0.3) is 5.56 Å². The third-order valence-corrected chi connectivity index (χ3v) is 8.32. The summed E-state index contributed by atoms with van der Waals surface area (Å²) in [6, 6.07) is 9.73. The lowest BCUT2D eigenvalue weighted by atomic mass is 9.89. The Kier molecular flexibility index (Phi) is 4.81. The normalized spacial score (nSPS) is 15.9. The molecule has 1 aliphatic carbocycles. The van der Waals surface area contributed by atoms with E-state index >= 15 is 0 Å². The first-order valence-corrected chi connectivity index (χ1v) is 12.5. The maximum absolute atomic E-state index is 14.0. The highest BCUT2D eigenvalue weighted by molar-refractivity contribution is 7.99. The molecule has 0 saturated heterocycles. The quantitative estimate of drug-likeness (QED) is 0.362. The van der Waals surface area contributed by atoms with Crippen LogP contribution in [0.3, 0.4) is 0 Å². The summed E-state index contributed by atoms with van der Waals surface area (Å²) in [5.74, 6) is 0.633. The topological polar surface area (TPSA) is 90.9 Å². The summed E-state index contributed by atoms with van der Waals surface area (Å²) in [6.07, 6.45) is 3.05. The molecule has 1 atom stereocenters. The molecule has 0 spiro atoms. The zero-order chi connectivity index (χ0) is 22.7. The largest absolute Gasteiger partial charge is 0.268 e. The highest BCUT2D eigenvalue weighted by Crippen LogP contribution is 2.37. The minimum Gasteiger partial charge on any atom is -0.268 e. The van der Waals surface area contributed by atoms with Crippen molar-refractivity contribution in [2.24, 2.45) is 5.92 Å². The molecule has 0 aliphatic heterocycles. The number of benzene rings is 1. The van der Waals surface area contributed by atoms with E-state index in [0.29, 0.717) is 21.7 Å². The van der Waals surface area contributed by atoms with Gasteiger partial charge in [-0.1, -0.05) is 13.0 Å². The van der Waals surface area contributed by atoms with E-state index in [2.05, 4.69) is 41.4 Å². The molecule has 0 amide bonds. The molecule has 0 radical (unpaired) electrons. The average Bonchev–Trinajstić information content (AvgIpc) is 3.39. The highest BCUT2D eigenvalue weighted by atomic mass is 32.2. The van der Waals surface area contributed by atoms with E-state index in [0.717, 1.165) is 40.7 Å². The molecule has 6 rings (SSSR count). The molecule has 0 fully saturated rings. The minimum atomic E-state index is -0.0127. The molecule has 0 unspecified atom stereocenters. The van der Waals surface area contributed by atoms with E-state index in [4.69, 9.17) is 4.98 Å². The zero-order valence-electron chi connectivity index (χ0n) is 18.4. The molecule has 5 aromatic rings. The van der Waals surface area contributed by atoms with E-state index < -0.39 is 0 Å². The first-order chi connectivity index (χ1) is 16.0. The summed E-state index contributed by atoms with van der Waals surface area (Å²) < 4.78 is 3.11. The van der Waals surface area contributed by atoms with Gasteiger partial charge in [0.2, 0.25) is 0 Å². The van der Waals surface area contributed by atoms with Crippen LogP contribution in [0, 0.1) is 19.8 Å². The van der Waals surface area contributed by atoms with E-state index in [9.17, 15) is 4.79 Å². The lowest BCUT2D eigenvalue weighted by Crippen LogP contribution is -2.22. The molecule has 166 valence electrons. The summed E-state index contributed by atoms with van der Waals surface area (Å²) in [7, 11) is 0. The van der Waals surface area contributed by atoms with Crippen molar-refractivity contribution in [1.82, 2.24) is 34.8 Å². The third kappa shape index (κ3) is 3.44.